The molecule has 3 unspecified atom stereocenters. The third-order valence-corrected chi connectivity index (χ3v) is 3.39. The van der Waals surface area contributed by atoms with Gasteiger partial charge in [-0.3, -0.25) is 4.90 Å². The number of aliphatic hydroxyl groups excluding tert-OH is 1. The van der Waals surface area contributed by atoms with Crippen molar-refractivity contribution in [3.05, 3.63) is 0 Å². The molecule has 1 N–H and O–H groups in total. The van der Waals surface area contributed by atoms with Gasteiger partial charge in [-0.2, -0.15) is 0 Å². The van der Waals surface area contributed by atoms with Crippen molar-refractivity contribution in [1.29, 1.82) is 0 Å². The van der Waals surface area contributed by atoms with Crippen LogP contribution in [0.3, 0.4) is 0 Å². The van der Waals surface area contributed by atoms with E-state index in [9.17, 15) is 5.11 Å². The molecule has 1 aliphatic heterocycles. The second-order valence-electron chi connectivity index (χ2n) is 3.62. The van der Waals surface area contributed by atoms with Gasteiger partial charge in [0, 0.05) is 24.5 Å². The van der Waals surface area contributed by atoms with E-state index < -0.39 is 0 Å². The van der Waals surface area contributed by atoms with Crippen molar-refractivity contribution in [3.63, 3.8) is 0 Å². The summed E-state index contributed by atoms with van der Waals surface area (Å²) in [5.74, 6) is 0. The highest BCUT2D eigenvalue weighted by Gasteiger charge is 2.26. The summed E-state index contributed by atoms with van der Waals surface area (Å²) < 4.78 is 5.50. The van der Waals surface area contributed by atoms with Crippen molar-refractivity contribution < 1.29 is 9.84 Å². The standard InChI is InChI=1S/C9H18BrNO2/c1-7-8(2)13-4-3-11(7)6-9(12)5-10/h7-9,12H,3-6H2,1-2H3. The second kappa shape index (κ2) is 5.29. The van der Waals surface area contributed by atoms with Crippen molar-refractivity contribution in [2.75, 3.05) is 25.0 Å². The first-order chi connectivity index (χ1) is 6.15. The molecule has 0 aliphatic carbocycles. The van der Waals surface area contributed by atoms with Gasteiger partial charge in [-0.15, -0.1) is 0 Å². The molecule has 0 aromatic heterocycles. The Labute approximate surface area is 88.2 Å². The van der Waals surface area contributed by atoms with E-state index in [1.54, 1.807) is 0 Å². The molecular formula is C9H18BrNO2. The number of morpholine rings is 1. The summed E-state index contributed by atoms with van der Waals surface area (Å²) in [4.78, 5) is 2.28. The summed E-state index contributed by atoms with van der Waals surface area (Å²) in [6, 6.07) is 0.405. The number of halogens is 1. The lowest BCUT2D eigenvalue weighted by Gasteiger charge is -2.38. The van der Waals surface area contributed by atoms with Crippen LogP contribution in [0, 0.1) is 0 Å². The number of aliphatic hydroxyl groups is 1. The molecule has 0 aromatic rings. The first kappa shape index (κ1) is 11.4. The van der Waals surface area contributed by atoms with Gasteiger partial charge in [-0.05, 0) is 13.8 Å². The van der Waals surface area contributed by atoms with Crippen LogP contribution in [0.1, 0.15) is 13.8 Å². The molecular weight excluding hydrogens is 234 g/mol. The predicted octanol–water partition coefficient (Wildman–Crippen LogP) is 0.851. The summed E-state index contributed by atoms with van der Waals surface area (Å²) in [5.41, 5.74) is 0. The lowest BCUT2D eigenvalue weighted by Crippen LogP contribution is -2.51. The van der Waals surface area contributed by atoms with E-state index in [4.69, 9.17) is 4.74 Å². The van der Waals surface area contributed by atoms with E-state index in [0.29, 0.717) is 11.4 Å². The van der Waals surface area contributed by atoms with Crippen molar-refractivity contribution >= 4 is 15.9 Å². The third-order valence-electron chi connectivity index (χ3n) is 2.64. The molecule has 3 atom stereocenters. The maximum absolute atomic E-state index is 9.48. The predicted molar refractivity (Wildman–Crippen MR) is 56.2 cm³/mol. The molecule has 1 saturated heterocycles. The van der Waals surface area contributed by atoms with Crippen molar-refractivity contribution in [2.45, 2.75) is 32.1 Å². The molecule has 78 valence electrons. The Hall–Kier alpha value is 0.360. The molecule has 1 aliphatic rings. The van der Waals surface area contributed by atoms with E-state index in [1.807, 2.05) is 0 Å². The minimum absolute atomic E-state index is 0.271. The van der Waals surface area contributed by atoms with Gasteiger partial charge < -0.3 is 9.84 Å². The van der Waals surface area contributed by atoms with Gasteiger partial charge in [0.2, 0.25) is 0 Å². The zero-order valence-corrected chi connectivity index (χ0v) is 9.83. The summed E-state index contributed by atoms with van der Waals surface area (Å²) in [6.45, 7) is 6.66. The van der Waals surface area contributed by atoms with Gasteiger partial charge in [0.15, 0.2) is 0 Å². The van der Waals surface area contributed by atoms with E-state index in [-0.39, 0.29) is 12.2 Å². The Kier molecular flexibility index (Phi) is 4.66. The number of alkyl halides is 1. The summed E-state index contributed by atoms with van der Waals surface area (Å²) in [6.07, 6.45) is 0.00373. The van der Waals surface area contributed by atoms with Gasteiger partial charge in [-0.1, -0.05) is 15.9 Å². The van der Waals surface area contributed by atoms with E-state index >= 15 is 0 Å². The third kappa shape index (κ3) is 3.20. The van der Waals surface area contributed by atoms with Gasteiger partial charge >= 0.3 is 0 Å². The number of ether oxygens (including phenoxy) is 1. The Morgan fingerprint density at radius 3 is 2.92 bits per heavy atom. The van der Waals surface area contributed by atoms with Gasteiger partial charge in [-0.25, -0.2) is 0 Å². The number of nitrogens with zero attached hydrogens (tertiary/aromatic N) is 1. The normalized spacial score (nSPS) is 33.2. The average molecular weight is 252 g/mol. The highest BCUT2D eigenvalue weighted by Crippen LogP contribution is 2.13. The zero-order chi connectivity index (χ0) is 9.84. The quantitative estimate of drug-likeness (QED) is 0.756. The van der Waals surface area contributed by atoms with Crippen LogP contribution in [0.25, 0.3) is 0 Å². The number of β-amino-alcohol motifs (C(OH)–C–C–N with tert-alkyl or cyclic N) is 1. The molecule has 1 fully saturated rings. The molecule has 3 nitrogen and oxygen atoms in total. The number of hydrogen-bond donors (Lipinski definition) is 1. The minimum atomic E-state index is -0.271. The maximum atomic E-state index is 9.48. The van der Waals surface area contributed by atoms with Gasteiger partial charge in [0.25, 0.3) is 0 Å². The smallest absolute Gasteiger partial charge is 0.0763 e. The molecule has 1 rings (SSSR count). The minimum Gasteiger partial charge on any atom is -0.391 e. The van der Waals surface area contributed by atoms with Gasteiger partial charge in [0.1, 0.15) is 0 Å². The van der Waals surface area contributed by atoms with Crippen LogP contribution in [-0.4, -0.2) is 53.3 Å². The topological polar surface area (TPSA) is 32.7 Å². The highest BCUT2D eigenvalue weighted by molar-refractivity contribution is 9.09. The summed E-state index contributed by atoms with van der Waals surface area (Å²) in [5, 5.41) is 10.1. The molecule has 0 amide bonds. The lowest BCUT2D eigenvalue weighted by molar-refractivity contribution is -0.0649. The van der Waals surface area contributed by atoms with E-state index in [1.165, 1.54) is 0 Å². The molecule has 0 radical (unpaired) electrons. The van der Waals surface area contributed by atoms with Crippen LogP contribution in [0.15, 0.2) is 0 Å². The summed E-state index contributed by atoms with van der Waals surface area (Å²) in [7, 11) is 0. The van der Waals surface area contributed by atoms with Crippen LogP contribution in [0.2, 0.25) is 0 Å². The Morgan fingerprint density at radius 2 is 2.31 bits per heavy atom. The van der Waals surface area contributed by atoms with E-state index in [0.717, 1.165) is 19.7 Å². The molecule has 0 bridgehead atoms. The van der Waals surface area contributed by atoms with Gasteiger partial charge in [0.05, 0.1) is 18.8 Å². The van der Waals surface area contributed by atoms with Crippen molar-refractivity contribution in [2.24, 2.45) is 0 Å². The van der Waals surface area contributed by atoms with Crippen LogP contribution in [0.5, 0.6) is 0 Å². The number of hydrogen-bond acceptors (Lipinski definition) is 3. The van der Waals surface area contributed by atoms with Crippen LogP contribution in [0.4, 0.5) is 0 Å². The zero-order valence-electron chi connectivity index (χ0n) is 8.24. The number of rotatable bonds is 3. The first-order valence-corrected chi connectivity index (χ1v) is 5.87. The fourth-order valence-electron chi connectivity index (χ4n) is 1.57. The molecule has 13 heavy (non-hydrogen) atoms. The molecule has 0 saturated carbocycles. The molecule has 0 aromatic carbocycles. The molecule has 4 heteroatoms. The van der Waals surface area contributed by atoms with Crippen LogP contribution in [-0.2, 0) is 4.74 Å². The first-order valence-electron chi connectivity index (χ1n) is 4.75. The summed E-state index contributed by atoms with van der Waals surface area (Å²) >= 11 is 3.27. The van der Waals surface area contributed by atoms with Crippen molar-refractivity contribution in [3.8, 4) is 0 Å². The van der Waals surface area contributed by atoms with Crippen molar-refractivity contribution in [1.82, 2.24) is 4.90 Å². The Morgan fingerprint density at radius 1 is 1.62 bits per heavy atom. The fourth-order valence-corrected chi connectivity index (χ4v) is 1.78. The SMILES string of the molecule is CC1OCCN(CC(O)CBr)C1C. The van der Waals surface area contributed by atoms with Crippen LogP contribution >= 0.6 is 15.9 Å². The Balaban J connectivity index is 2.39. The monoisotopic (exact) mass is 251 g/mol. The fraction of sp³-hybridized carbons (Fsp3) is 1.00. The maximum Gasteiger partial charge on any atom is 0.0763 e. The highest BCUT2D eigenvalue weighted by atomic mass is 79.9. The average Bonchev–Trinajstić information content (AvgIpc) is 2.13. The lowest BCUT2D eigenvalue weighted by atomic mass is 10.1. The van der Waals surface area contributed by atoms with E-state index in [2.05, 4.69) is 34.7 Å². The molecule has 1 heterocycles. The largest absolute Gasteiger partial charge is 0.391 e. The Bertz CT molecular complexity index is 157. The molecule has 0 spiro atoms. The van der Waals surface area contributed by atoms with Crippen LogP contribution < -0.4 is 0 Å². The second-order valence-corrected chi connectivity index (χ2v) is 4.27.